The van der Waals surface area contributed by atoms with E-state index in [-0.39, 0.29) is 0 Å². The van der Waals surface area contributed by atoms with Crippen LogP contribution in [0.1, 0.15) is 11.3 Å². The van der Waals surface area contributed by atoms with Crippen LogP contribution in [0.5, 0.6) is 0 Å². The first-order chi connectivity index (χ1) is 8.84. The van der Waals surface area contributed by atoms with Gasteiger partial charge in [-0.1, -0.05) is 36.4 Å². The summed E-state index contributed by atoms with van der Waals surface area (Å²) in [6, 6.07) is 16.6. The predicted molar refractivity (Wildman–Crippen MR) is 75.9 cm³/mol. The number of nitrogens with zero attached hydrogens (tertiary/aromatic N) is 2. The Kier molecular flexibility index (Phi) is 3.07. The zero-order chi connectivity index (χ0) is 12.4. The zero-order valence-electron chi connectivity index (χ0n) is 10.2. The number of pyridine rings is 1. The number of fused-ring (bicyclic) bond motifs is 1. The molecule has 2 heterocycles. The lowest BCUT2D eigenvalue weighted by Gasteiger charge is -2.03. The third-order valence-corrected chi connectivity index (χ3v) is 4.11. The van der Waals surface area contributed by atoms with Gasteiger partial charge >= 0.3 is 0 Å². The normalized spacial score (nSPS) is 10.9. The van der Waals surface area contributed by atoms with E-state index in [1.165, 1.54) is 10.6 Å². The van der Waals surface area contributed by atoms with E-state index in [0.29, 0.717) is 0 Å². The molecular formula is C15H14N2S. The second-order valence-corrected chi connectivity index (χ2v) is 5.17. The summed E-state index contributed by atoms with van der Waals surface area (Å²) in [5.41, 5.74) is 3.46. The number of imidazole rings is 1. The van der Waals surface area contributed by atoms with Crippen LogP contribution in [0.4, 0.5) is 0 Å². The Morgan fingerprint density at radius 1 is 1.06 bits per heavy atom. The van der Waals surface area contributed by atoms with Gasteiger partial charge in [0, 0.05) is 11.9 Å². The van der Waals surface area contributed by atoms with Crippen LogP contribution in [0.25, 0.3) is 5.65 Å². The SMILES string of the molecule is Cc1nc2ccccn2c1SCc1ccccc1. The quantitative estimate of drug-likeness (QED) is 0.659. The molecular weight excluding hydrogens is 240 g/mol. The molecule has 3 rings (SSSR count). The van der Waals surface area contributed by atoms with Crippen molar-refractivity contribution in [2.24, 2.45) is 0 Å². The van der Waals surface area contributed by atoms with Crippen LogP contribution in [0.2, 0.25) is 0 Å². The molecule has 0 saturated carbocycles. The van der Waals surface area contributed by atoms with Crippen molar-refractivity contribution >= 4 is 17.4 Å². The number of thioether (sulfide) groups is 1. The van der Waals surface area contributed by atoms with Gasteiger partial charge in [0.25, 0.3) is 0 Å². The van der Waals surface area contributed by atoms with Gasteiger partial charge in [-0.15, -0.1) is 11.8 Å². The van der Waals surface area contributed by atoms with E-state index in [1.54, 1.807) is 0 Å². The van der Waals surface area contributed by atoms with Gasteiger partial charge in [-0.25, -0.2) is 4.98 Å². The molecule has 2 aromatic heterocycles. The lowest BCUT2D eigenvalue weighted by Crippen LogP contribution is -1.87. The molecule has 0 N–H and O–H groups in total. The molecule has 0 amide bonds. The van der Waals surface area contributed by atoms with E-state index in [0.717, 1.165) is 17.1 Å². The first-order valence-electron chi connectivity index (χ1n) is 5.95. The van der Waals surface area contributed by atoms with E-state index in [4.69, 9.17) is 0 Å². The van der Waals surface area contributed by atoms with Crippen molar-refractivity contribution in [3.05, 3.63) is 66.0 Å². The van der Waals surface area contributed by atoms with Crippen molar-refractivity contribution in [1.29, 1.82) is 0 Å². The smallest absolute Gasteiger partial charge is 0.137 e. The maximum Gasteiger partial charge on any atom is 0.137 e. The van der Waals surface area contributed by atoms with Gasteiger partial charge in [0.15, 0.2) is 0 Å². The Hall–Kier alpha value is -1.74. The van der Waals surface area contributed by atoms with Crippen LogP contribution in [0.3, 0.4) is 0 Å². The molecule has 3 aromatic rings. The fraction of sp³-hybridized carbons (Fsp3) is 0.133. The second-order valence-electron chi connectivity index (χ2n) is 4.21. The molecule has 0 unspecified atom stereocenters. The van der Waals surface area contributed by atoms with Crippen LogP contribution < -0.4 is 0 Å². The molecule has 0 fully saturated rings. The monoisotopic (exact) mass is 254 g/mol. The highest BCUT2D eigenvalue weighted by molar-refractivity contribution is 7.98. The van der Waals surface area contributed by atoms with Crippen molar-refractivity contribution in [3.63, 3.8) is 0 Å². The van der Waals surface area contributed by atoms with E-state index in [9.17, 15) is 0 Å². The van der Waals surface area contributed by atoms with E-state index in [2.05, 4.69) is 46.8 Å². The first kappa shape index (κ1) is 11.4. The van der Waals surface area contributed by atoms with Gasteiger partial charge in [0.05, 0.1) is 5.69 Å². The molecule has 0 aliphatic rings. The van der Waals surface area contributed by atoms with Crippen LogP contribution in [0.15, 0.2) is 59.8 Å². The van der Waals surface area contributed by atoms with Gasteiger partial charge in [-0.05, 0) is 24.6 Å². The van der Waals surface area contributed by atoms with Crippen LogP contribution in [-0.4, -0.2) is 9.38 Å². The van der Waals surface area contributed by atoms with Crippen molar-refractivity contribution in [2.75, 3.05) is 0 Å². The maximum atomic E-state index is 4.57. The average Bonchev–Trinajstić information content (AvgIpc) is 2.73. The molecule has 0 aliphatic heterocycles. The van der Waals surface area contributed by atoms with Crippen molar-refractivity contribution in [1.82, 2.24) is 9.38 Å². The van der Waals surface area contributed by atoms with Gasteiger partial charge in [-0.2, -0.15) is 0 Å². The Balaban J connectivity index is 1.89. The second kappa shape index (κ2) is 4.86. The summed E-state index contributed by atoms with van der Waals surface area (Å²) in [5, 5.41) is 1.23. The number of benzene rings is 1. The highest BCUT2D eigenvalue weighted by atomic mass is 32.2. The van der Waals surface area contributed by atoms with E-state index in [1.807, 2.05) is 36.0 Å². The van der Waals surface area contributed by atoms with E-state index >= 15 is 0 Å². The predicted octanol–water partition coefficient (Wildman–Crippen LogP) is 3.94. The molecule has 0 aliphatic carbocycles. The summed E-state index contributed by atoms with van der Waals surface area (Å²) in [5.74, 6) is 0.977. The largest absolute Gasteiger partial charge is 0.294 e. The molecule has 3 heteroatoms. The number of aromatic nitrogens is 2. The van der Waals surface area contributed by atoms with Crippen molar-refractivity contribution in [2.45, 2.75) is 17.7 Å². The van der Waals surface area contributed by atoms with Crippen LogP contribution in [0, 0.1) is 6.92 Å². The summed E-state index contributed by atoms with van der Waals surface area (Å²) in [4.78, 5) is 4.57. The third kappa shape index (κ3) is 2.14. The Morgan fingerprint density at radius 3 is 2.67 bits per heavy atom. The van der Waals surface area contributed by atoms with E-state index < -0.39 is 0 Å². The first-order valence-corrected chi connectivity index (χ1v) is 6.93. The van der Waals surface area contributed by atoms with Gasteiger partial charge in [0.2, 0.25) is 0 Å². The summed E-state index contributed by atoms with van der Waals surface area (Å²) in [6.07, 6.45) is 2.07. The molecule has 0 spiro atoms. The highest BCUT2D eigenvalue weighted by Gasteiger charge is 2.08. The fourth-order valence-corrected chi connectivity index (χ4v) is 3.03. The summed E-state index contributed by atoms with van der Waals surface area (Å²) in [6.45, 7) is 2.07. The standard InChI is InChI=1S/C15H14N2S/c1-12-15(17-10-6-5-9-14(17)16-12)18-11-13-7-3-2-4-8-13/h2-10H,11H2,1H3. The highest BCUT2D eigenvalue weighted by Crippen LogP contribution is 2.26. The minimum absolute atomic E-state index is 0.977. The Labute approximate surface area is 111 Å². The molecule has 2 nitrogen and oxygen atoms in total. The van der Waals surface area contributed by atoms with Crippen molar-refractivity contribution < 1.29 is 0 Å². The molecule has 18 heavy (non-hydrogen) atoms. The topological polar surface area (TPSA) is 17.3 Å². The Bertz CT molecular complexity index is 659. The average molecular weight is 254 g/mol. The maximum absolute atomic E-state index is 4.57. The van der Waals surface area contributed by atoms with Gasteiger partial charge < -0.3 is 0 Å². The minimum atomic E-state index is 0.977. The summed E-state index contributed by atoms with van der Waals surface area (Å²) in [7, 11) is 0. The number of aryl methyl sites for hydroxylation is 1. The molecule has 90 valence electrons. The lowest BCUT2D eigenvalue weighted by atomic mass is 10.2. The fourth-order valence-electron chi connectivity index (χ4n) is 1.99. The van der Waals surface area contributed by atoms with Gasteiger partial charge in [0.1, 0.15) is 10.7 Å². The number of hydrogen-bond donors (Lipinski definition) is 0. The lowest BCUT2D eigenvalue weighted by molar-refractivity contribution is 1.02. The molecule has 0 radical (unpaired) electrons. The van der Waals surface area contributed by atoms with Crippen LogP contribution in [-0.2, 0) is 5.75 Å². The van der Waals surface area contributed by atoms with Crippen molar-refractivity contribution in [3.8, 4) is 0 Å². The van der Waals surface area contributed by atoms with Gasteiger partial charge in [-0.3, -0.25) is 4.40 Å². The molecule has 1 aromatic carbocycles. The minimum Gasteiger partial charge on any atom is -0.294 e. The number of hydrogen-bond acceptors (Lipinski definition) is 2. The zero-order valence-corrected chi connectivity index (χ0v) is 11.0. The summed E-state index contributed by atoms with van der Waals surface area (Å²) >= 11 is 1.84. The summed E-state index contributed by atoms with van der Waals surface area (Å²) < 4.78 is 2.16. The third-order valence-electron chi connectivity index (χ3n) is 2.87. The van der Waals surface area contributed by atoms with Crippen LogP contribution >= 0.6 is 11.8 Å². The molecule has 0 saturated heterocycles. The molecule has 0 atom stereocenters. The molecule has 0 bridgehead atoms. The number of rotatable bonds is 3. The Morgan fingerprint density at radius 2 is 1.83 bits per heavy atom.